The maximum absolute atomic E-state index is 11.3. The molecular weight excluding hydrogens is 289 g/mol. The largest absolute Gasteiger partial charge is 0.287 e. The maximum Gasteiger partial charge on any atom is 0.227 e. The summed E-state index contributed by atoms with van der Waals surface area (Å²) < 4.78 is 2.88. The fourth-order valence-electron chi connectivity index (χ4n) is 1.60. The first-order valence-corrected chi connectivity index (χ1v) is 5.45. The van der Waals surface area contributed by atoms with Gasteiger partial charge in [-0.2, -0.15) is 0 Å². The van der Waals surface area contributed by atoms with Crippen LogP contribution in [0.15, 0.2) is 24.4 Å². The molecule has 0 N–H and O–H groups in total. The van der Waals surface area contributed by atoms with Crippen molar-refractivity contribution in [2.24, 2.45) is 0 Å². The molecule has 2 nitrogen and oxygen atoms in total. The molecule has 1 aromatic carbocycles. The molecule has 0 fully saturated rings. The molecule has 0 spiro atoms. The van der Waals surface area contributed by atoms with Gasteiger partial charge in [-0.3, -0.25) is 9.36 Å². The van der Waals surface area contributed by atoms with E-state index in [4.69, 9.17) is 0 Å². The number of nitrogens with zero attached hydrogens (tertiary/aromatic N) is 1. The van der Waals surface area contributed by atoms with E-state index in [2.05, 4.69) is 28.7 Å². The summed E-state index contributed by atoms with van der Waals surface area (Å²) in [5, 5.41) is 1.14. The number of fused-ring (bicyclic) bond motifs is 1. The third-order valence-corrected chi connectivity index (χ3v) is 3.13. The molecule has 0 atom stereocenters. The van der Waals surface area contributed by atoms with Crippen LogP contribution in [0.1, 0.15) is 17.3 Å². The summed E-state index contributed by atoms with van der Waals surface area (Å²) in [5.41, 5.74) is 2.19. The van der Waals surface area contributed by atoms with Crippen LogP contribution in [-0.4, -0.2) is 10.5 Å². The van der Waals surface area contributed by atoms with Gasteiger partial charge in [0.1, 0.15) is 0 Å². The lowest BCUT2D eigenvalue weighted by Gasteiger charge is -2.02. The molecule has 0 saturated heterocycles. The summed E-state index contributed by atoms with van der Waals surface area (Å²) in [6, 6.07) is 6.14. The summed E-state index contributed by atoms with van der Waals surface area (Å²) in [4.78, 5) is 11.3. The second-order valence-electron chi connectivity index (χ2n) is 3.38. The highest BCUT2D eigenvalue weighted by Gasteiger charge is 2.07. The number of hydrogen-bond acceptors (Lipinski definition) is 1. The van der Waals surface area contributed by atoms with Crippen LogP contribution in [-0.2, 0) is 0 Å². The lowest BCUT2D eigenvalue weighted by Crippen LogP contribution is -2.03. The van der Waals surface area contributed by atoms with Gasteiger partial charge in [0, 0.05) is 22.1 Å². The summed E-state index contributed by atoms with van der Waals surface area (Å²) >= 11 is 2.30. The quantitative estimate of drug-likeness (QED) is 0.685. The molecular formula is C11H10INO. The molecule has 0 aliphatic heterocycles. The molecule has 0 radical (unpaired) electrons. The van der Waals surface area contributed by atoms with Crippen LogP contribution in [0.5, 0.6) is 0 Å². The number of carbonyl (C=O) groups excluding carboxylic acids is 1. The zero-order valence-corrected chi connectivity index (χ0v) is 10.2. The van der Waals surface area contributed by atoms with Gasteiger partial charge >= 0.3 is 0 Å². The van der Waals surface area contributed by atoms with Gasteiger partial charge in [0.05, 0.1) is 5.52 Å². The van der Waals surface area contributed by atoms with Crippen LogP contribution < -0.4 is 0 Å². The molecule has 2 aromatic rings. The van der Waals surface area contributed by atoms with E-state index in [0.717, 1.165) is 10.9 Å². The molecule has 0 amide bonds. The molecule has 1 aromatic heterocycles. The second-order valence-corrected chi connectivity index (χ2v) is 4.55. The Bertz CT molecular complexity index is 513. The normalized spacial score (nSPS) is 10.8. The Hall–Kier alpha value is -0.840. The summed E-state index contributed by atoms with van der Waals surface area (Å²) in [5.74, 6) is 0.0569. The second kappa shape index (κ2) is 3.38. The van der Waals surface area contributed by atoms with Crippen molar-refractivity contribution in [3.63, 3.8) is 0 Å². The van der Waals surface area contributed by atoms with Crippen molar-refractivity contribution in [2.75, 3.05) is 0 Å². The van der Waals surface area contributed by atoms with Gasteiger partial charge in [-0.1, -0.05) is 0 Å². The monoisotopic (exact) mass is 299 g/mol. The van der Waals surface area contributed by atoms with Crippen LogP contribution in [0.25, 0.3) is 10.9 Å². The Morgan fingerprint density at radius 3 is 2.79 bits per heavy atom. The van der Waals surface area contributed by atoms with Crippen molar-refractivity contribution < 1.29 is 4.79 Å². The number of aryl methyl sites for hydroxylation is 1. The number of benzene rings is 1. The molecule has 0 aliphatic carbocycles. The number of hydrogen-bond donors (Lipinski definition) is 0. The van der Waals surface area contributed by atoms with Crippen LogP contribution in [0.3, 0.4) is 0 Å². The van der Waals surface area contributed by atoms with Crippen LogP contribution >= 0.6 is 22.6 Å². The highest BCUT2D eigenvalue weighted by atomic mass is 127. The van der Waals surface area contributed by atoms with E-state index in [1.807, 2.05) is 25.3 Å². The van der Waals surface area contributed by atoms with Gasteiger partial charge < -0.3 is 0 Å². The van der Waals surface area contributed by atoms with E-state index in [1.165, 1.54) is 9.13 Å². The van der Waals surface area contributed by atoms with Crippen molar-refractivity contribution in [1.82, 2.24) is 4.57 Å². The maximum atomic E-state index is 11.3. The Morgan fingerprint density at radius 1 is 1.43 bits per heavy atom. The van der Waals surface area contributed by atoms with Gasteiger partial charge in [0.15, 0.2) is 0 Å². The van der Waals surface area contributed by atoms with Crippen molar-refractivity contribution in [3.05, 3.63) is 33.5 Å². The predicted octanol–water partition coefficient (Wildman–Crippen LogP) is 3.21. The Labute approximate surface area is 96.1 Å². The minimum absolute atomic E-state index is 0.0569. The van der Waals surface area contributed by atoms with E-state index in [0.29, 0.717) is 0 Å². The first-order chi connectivity index (χ1) is 6.59. The molecule has 72 valence electrons. The Balaban J connectivity index is 2.85. The topological polar surface area (TPSA) is 22.0 Å². The fraction of sp³-hybridized carbons (Fsp3) is 0.182. The summed E-state index contributed by atoms with van der Waals surface area (Å²) in [6.45, 7) is 3.62. The van der Waals surface area contributed by atoms with Crippen molar-refractivity contribution in [1.29, 1.82) is 0 Å². The smallest absolute Gasteiger partial charge is 0.227 e. The minimum Gasteiger partial charge on any atom is -0.287 e. The standard InChI is InChI=1S/C11H10INO/c1-7-5-10(12)9-3-4-13(8(2)14)11(9)6-7/h3-6H,1-2H3. The number of aromatic nitrogens is 1. The first kappa shape index (κ1) is 9.71. The van der Waals surface area contributed by atoms with Gasteiger partial charge in [0.25, 0.3) is 0 Å². The first-order valence-electron chi connectivity index (χ1n) is 4.38. The van der Waals surface area contributed by atoms with Gasteiger partial charge in [-0.15, -0.1) is 0 Å². The van der Waals surface area contributed by atoms with Crippen LogP contribution in [0.4, 0.5) is 0 Å². The minimum atomic E-state index is 0.0569. The molecule has 2 rings (SSSR count). The molecule has 0 aliphatic rings. The zero-order valence-electron chi connectivity index (χ0n) is 8.04. The molecule has 0 unspecified atom stereocenters. The van der Waals surface area contributed by atoms with Crippen LogP contribution in [0, 0.1) is 10.5 Å². The van der Waals surface area contributed by atoms with Crippen molar-refractivity contribution >= 4 is 39.4 Å². The molecule has 3 heteroatoms. The van der Waals surface area contributed by atoms with E-state index >= 15 is 0 Å². The average Bonchev–Trinajstić information content (AvgIpc) is 2.47. The Morgan fingerprint density at radius 2 is 2.14 bits per heavy atom. The van der Waals surface area contributed by atoms with Crippen molar-refractivity contribution in [2.45, 2.75) is 13.8 Å². The third-order valence-electron chi connectivity index (χ3n) is 2.24. The number of halogens is 1. The number of rotatable bonds is 0. The van der Waals surface area contributed by atoms with Gasteiger partial charge in [0.2, 0.25) is 5.91 Å². The average molecular weight is 299 g/mol. The SMILES string of the molecule is CC(=O)n1ccc2c(I)cc(C)cc21. The molecule has 0 bridgehead atoms. The zero-order chi connectivity index (χ0) is 10.3. The van der Waals surface area contributed by atoms with E-state index in [-0.39, 0.29) is 5.91 Å². The van der Waals surface area contributed by atoms with E-state index in [1.54, 1.807) is 11.5 Å². The van der Waals surface area contributed by atoms with E-state index < -0.39 is 0 Å². The lowest BCUT2D eigenvalue weighted by atomic mass is 10.2. The predicted molar refractivity (Wildman–Crippen MR) is 65.7 cm³/mol. The fourth-order valence-corrected chi connectivity index (χ4v) is 2.55. The summed E-state index contributed by atoms with van der Waals surface area (Å²) in [6.07, 6.45) is 1.83. The molecule has 14 heavy (non-hydrogen) atoms. The number of carbonyl (C=O) groups is 1. The molecule has 0 saturated carbocycles. The third kappa shape index (κ3) is 1.45. The van der Waals surface area contributed by atoms with Crippen LogP contribution in [0.2, 0.25) is 0 Å². The van der Waals surface area contributed by atoms with Crippen molar-refractivity contribution in [3.8, 4) is 0 Å². The highest BCUT2D eigenvalue weighted by molar-refractivity contribution is 14.1. The highest BCUT2D eigenvalue weighted by Crippen LogP contribution is 2.23. The molecule has 1 heterocycles. The lowest BCUT2D eigenvalue weighted by molar-refractivity contribution is 0.0941. The summed E-state index contributed by atoms with van der Waals surface area (Å²) in [7, 11) is 0. The van der Waals surface area contributed by atoms with E-state index in [9.17, 15) is 4.79 Å². The van der Waals surface area contributed by atoms with Gasteiger partial charge in [-0.25, -0.2) is 0 Å². The Kier molecular flexibility index (Phi) is 2.34. The van der Waals surface area contributed by atoms with Gasteiger partial charge in [-0.05, 0) is 53.3 Å².